The number of nitrogens with two attached hydrogens (primary N) is 1. The van der Waals surface area contributed by atoms with Gasteiger partial charge in [0.25, 0.3) is 5.69 Å². The van der Waals surface area contributed by atoms with Crippen LogP contribution in [0.2, 0.25) is 0 Å². The number of nitro groups is 1. The highest BCUT2D eigenvalue weighted by Gasteiger charge is 2.10. The monoisotopic (exact) mass is 278 g/mol. The molecule has 0 aliphatic rings. The van der Waals surface area contributed by atoms with E-state index in [-0.39, 0.29) is 16.7 Å². The molecule has 0 amide bonds. The lowest BCUT2D eigenvalue weighted by Gasteiger charge is -2.11. The van der Waals surface area contributed by atoms with Crippen molar-refractivity contribution in [1.29, 1.82) is 0 Å². The maximum atomic E-state index is 10.7. The fourth-order valence-electron chi connectivity index (χ4n) is 2.36. The second kappa shape index (κ2) is 9.48. The van der Waals surface area contributed by atoms with E-state index in [9.17, 15) is 10.1 Å². The molecule has 4 nitrogen and oxygen atoms in total. The summed E-state index contributed by atoms with van der Waals surface area (Å²) in [6.07, 6.45) is 9.69. The van der Waals surface area contributed by atoms with Gasteiger partial charge in [-0.1, -0.05) is 64.0 Å². The second-order valence-electron chi connectivity index (χ2n) is 5.37. The van der Waals surface area contributed by atoms with E-state index in [1.54, 1.807) is 12.1 Å². The molecule has 0 radical (unpaired) electrons. The van der Waals surface area contributed by atoms with E-state index in [1.165, 1.54) is 44.6 Å². The summed E-state index contributed by atoms with van der Waals surface area (Å²) in [5.41, 5.74) is 7.09. The van der Waals surface area contributed by atoms with Crippen LogP contribution in [-0.2, 0) is 0 Å². The molecule has 0 saturated heterocycles. The number of nitrogens with zero attached hydrogens (tertiary/aromatic N) is 1. The molecular formula is C16H26N2O2. The van der Waals surface area contributed by atoms with Crippen molar-refractivity contribution >= 4 is 5.69 Å². The van der Waals surface area contributed by atoms with Crippen LogP contribution in [-0.4, -0.2) is 4.92 Å². The highest BCUT2D eigenvalue weighted by Crippen LogP contribution is 2.22. The summed E-state index contributed by atoms with van der Waals surface area (Å²) < 4.78 is 0. The SMILES string of the molecule is CCCCCCCCCC(N)c1cccc([N+](=O)[O-])c1. The van der Waals surface area contributed by atoms with Crippen molar-refractivity contribution in [3.8, 4) is 0 Å². The fourth-order valence-corrected chi connectivity index (χ4v) is 2.36. The first-order valence-electron chi connectivity index (χ1n) is 7.65. The Morgan fingerprint density at radius 2 is 1.80 bits per heavy atom. The van der Waals surface area contributed by atoms with Gasteiger partial charge >= 0.3 is 0 Å². The minimum Gasteiger partial charge on any atom is -0.324 e. The van der Waals surface area contributed by atoms with Gasteiger partial charge in [0, 0.05) is 18.2 Å². The van der Waals surface area contributed by atoms with Gasteiger partial charge in [0.2, 0.25) is 0 Å². The van der Waals surface area contributed by atoms with Gasteiger partial charge in [0.05, 0.1) is 4.92 Å². The molecule has 1 rings (SSSR count). The summed E-state index contributed by atoms with van der Waals surface area (Å²) in [5, 5.41) is 10.7. The summed E-state index contributed by atoms with van der Waals surface area (Å²) in [5.74, 6) is 0. The lowest BCUT2D eigenvalue weighted by Crippen LogP contribution is -2.10. The molecule has 4 heteroatoms. The molecule has 20 heavy (non-hydrogen) atoms. The summed E-state index contributed by atoms with van der Waals surface area (Å²) >= 11 is 0. The third-order valence-corrected chi connectivity index (χ3v) is 3.63. The standard InChI is InChI=1S/C16H26N2O2/c1-2-3-4-5-6-7-8-12-16(17)14-10-9-11-15(13-14)18(19)20/h9-11,13,16H,2-8,12,17H2,1H3. The minimum atomic E-state index is -0.371. The quantitative estimate of drug-likeness (QED) is 0.382. The number of non-ortho nitro benzene ring substituents is 1. The summed E-state index contributed by atoms with van der Waals surface area (Å²) in [6, 6.07) is 6.58. The minimum absolute atomic E-state index is 0.0921. The molecule has 0 fully saturated rings. The highest BCUT2D eigenvalue weighted by atomic mass is 16.6. The first kappa shape index (κ1) is 16.6. The number of rotatable bonds is 10. The molecule has 0 saturated carbocycles. The van der Waals surface area contributed by atoms with Gasteiger partial charge in [-0.3, -0.25) is 10.1 Å². The van der Waals surface area contributed by atoms with E-state index in [1.807, 2.05) is 6.07 Å². The summed E-state index contributed by atoms with van der Waals surface area (Å²) in [4.78, 5) is 10.4. The Balaban J connectivity index is 2.27. The van der Waals surface area contributed by atoms with Crippen LogP contribution in [0.15, 0.2) is 24.3 Å². The smallest absolute Gasteiger partial charge is 0.269 e. The topological polar surface area (TPSA) is 69.2 Å². The number of hydrogen-bond donors (Lipinski definition) is 1. The van der Waals surface area contributed by atoms with Crippen molar-refractivity contribution in [1.82, 2.24) is 0 Å². The van der Waals surface area contributed by atoms with Crippen LogP contribution in [0.1, 0.15) is 69.9 Å². The van der Waals surface area contributed by atoms with Gasteiger partial charge in [-0.2, -0.15) is 0 Å². The van der Waals surface area contributed by atoms with E-state index in [0.717, 1.165) is 18.4 Å². The van der Waals surface area contributed by atoms with Crippen LogP contribution in [0, 0.1) is 10.1 Å². The van der Waals surface area contributed by atoms with Crippen LogP contribution in [0.4, 0.5) is 5.69 Å². The summed E-state index contributed by atoms with van der Waals surface area (Å²) in [6.45, 7) is 2.22. The average molecular weight is 278 g/mol. The van der Waals surface area contributed by atoms with Crippen molar-refractivity contribution in [3.63, 3.8) is 0 Å². The molecule has 0 aromatic heterocycles. The molecule has 0 bridgehead atoms. The van der Waals surface area contributed by atoms with E-state index >= 15 is 0 Å². The Morgan fingerprint density at radius 3 is 2.45 bits per heavy atom. The third kappa shape index (κ3) is 6.15. The molecule has 1 aromatic rings. The van der Waals surface area contributed by atoms with Gasteiger partial charge in [-0.15, -0.1) is 0 Å². The van der Waals surface area contributed by atoms with E-state index in [4.69, 9.17) is 5.73 Å². The molecule has 2 N–H and O–H groups in total. The zero-order valence-electron chi connectivity index (χ0n) is 12.4. The maximum Gasteiger partial charge on any atom is 0.269 e. The Morgan fingerprint density at radius 1 is 1.15 bits per heavy atom. The normalized spacial score (nSPS) is 12.3. The van der Waals surface area contributed by atoms with Gasteiger partial charge < -0.3 is 5.73 Å². The Labute approximate surface area is 121 Å². The number of benzene rings is 1. The largest absolute Gasteiger partial charge is 0.324 e. The Hall–Kier alpha value is -1.42. The Bertz CT molecular complexity index is 407. The first-order valence-corrected chi connectivity index (χ1v) is 7.65. The van der Waals surface area contributed by atoms with Gasteiger partial charge in [0.15, 0.2) is 0 Å². The number of hydrogen-bond acceptors (Lipinski definition) is 3. The molecule has 0 aliphatic heterocycles. The molecule has 1 atom stereocenters. The van der Waals surface area contributed by atoms with Crippen molar-refractivity contribution in [2.45, 2.75) is 64.3 Å². The predicted octanol–water partition coefficient (Wildman–Crippen LogP) is 4.74. The van der Waals surface area contributed by atoms with Gasteiger partial charge in [0.1, 0.15) is 0 Å². The summed E-state index contributed by atoms with van der Waals surface area (Å²) in [7, 11) is 0. The maximum absolute atomic E-state index is 10.7. The van der Waals surface area contributed by atoms with Gasteiger partial charge in [-0.05, 0) is 12.0 Å². The second-order valence-corrected chi connectivity index (χ2v) is 5.37. The van der Waals surface area contributed by atoms with Gasteiger partial charge in [-0.25, -0.2) is 0 Å². The molecule has 0 spiro atoms. The zero-order valence-corrected chi connectivity index (χ0v) is 12.4. The van der Waals surface area contributed by atoms with Crippen molar-refractivity contribution in [3.05, 3.63) is 39.9 Å². The third-order valence-electron chi connectivity index (χ3n) is 3.63. The van der Waals surface area contributed by atoms with Crippen LogP contribution in [0.25, 0.3) is 0 Å². The molecule has 1 unspecified atom stereocenters. The van der Waals surface area contributed by atoms with Crippen LogP contribution < -0.4 is 5.73 Å². The van der Waals surface area contributed by atoms with Crippen LogP contribution >= 0.6 is 0 Å². The van der Waals surface area contributed by atoms with Crippen molar-refractivity contribution in [2.75, 3.05) is 0 Å². The van der Waals surface area contributed by atoms with Crippen LogP contribution in [0.3, 0.4) is 0 Å². The van der Waals surface area contributed by atoms with E-state index < -0.39 is 0 Å². The molecule has 1 aromatic carbocycles. The van der Waals surface area contributed by atoms with Crippen LogP contribution in [0.5, 0.6) is 0 Å². The van der Waals surface area contributed by atoms with Crippen molar-refractivity contribution in [2.24, 2.45) is 5.73 Å². The highest BCUT2D eigenvalue weighted by molar-refractivity contribution is 5.35. The molecular weight excluding hydrogens is 252 g/mol. The number of nitro benzene ring substituents is 1. The fraction of sp³-hybridized carbons (Fsp3) is 0.625. The lowest BCUT2D eigenvalue weighted by atomic mass is 10.00. The Kier molecular flexibility index (Phi) is 7.88. The van der Waals surface area contributed by atoms with Crippen molar-refractivity contribution < 1.29 is 4.92 Å². The first-order chi connectivity index (χ1) is 9.65. The van der Waals surface area contributed by atoms with E-state index in [0.29, 0.717) is 0 Å². The number of unbranched alkanes of at least 4 members (excludes halogenated alkanes) is 6. The molecule has 0 aliphatic carbocycles. The lowest BCUT2D eigenvalue weighted by molar-refractivity contribution is -0.384. The zero-order chi connectivity index (χ0) is 14.8. The predicted molar refractivity (Wildman–Crippen MR) is 82.6 cm³/mol. The molecule has 0 heterocycles. The molecule has 112 valence electrons. The van der Waals surface area contributed by atoms with E-state index in [2.05, 4.69) is 6.92 Å². The average Bonchev–Trinajstić information content (AvgIpc) is 2.46.